The Morgan fingerprint density at radius 3 is 3.16 bits per heavy atom. The van der Waals surface area contributed by atoms with E-state index in [-0.39, 0.29) is 6.10 Å². The van der Waals surface area contributed by atoms with Gasteiger partial charge in [-0.3, -0.25) is 4.98 Å². The van der Waals surface area contributed by atoms with E-state index in [1.807, 2.05) is 18.3 Å². The molecule has 19 heavy (non-hydrogen) atoms. The molecular formula is C15H18N2O2. The highest BCUT2D eigenvalue weighted by molar-refractivity contribution is 5.83. The van der Waals surface area contributed by atoms with Crippen molar-refractivity contribution in [1.82, 2.24) is 10.3 Å². The number of aromatic nitrogens is 1. The van der Waals surface area contributed by atoms with E-state index in [1.54, 1.807) is 7.11 Å². The molecule has 2 heterocycles. The minimum Gasteiger partial charge on any atom is -0.497 e. The molecule has 0 spiro atoms. The lowest BCUT2D eigenvalue weighted by molar-refractivity contribution is 0.0654. The first-order valence-electron chi connectivity index (χ1n) is 6.63. The predicted molar refractivity (Wildman–Crippen MR) is 74.5 cm³/mol. The number of hydrogen-bond acceptors (Lipinski definition) is 4. The summed E-state index contributed by atoms with van der Waals surface area (Å²) < 4.78 is 11.2. The van der Waals surface area contributed by atoms with Crippen molar-refractivity contribution in [3.8, 4) is 5.75 Å². The number of fused-ring (bicyclic) bond motifs is 1. The third kappa shape index (κ3) is 2.55. The Morgan fingerprint density at radius 2 is 2.26 bits per heavy atom. The molecule has 0 radical (unpaired) electrons. The lowest BCUT2D eigenvalue weighted by Crippen LogP contribution is -2.16. The maximum absolute atomic E-state index is 5.93. The number of rotatable bonds is 2. The molecule has 1 N–H and O–H groups in total. The Bertz CT molecular complexity index is 563. The zero-order valence-electron chi connectivity index (χ0n) is 11.1. The van der Waals surface area contributed by atoms with Crippen molar-refractivity contribution in [2.75, 3.05) is 26.8 Å². The summed E-state index contributed by atoms with van der Waals surface area (Å²) in [6, 6.07) is 8.07. The Hall–Kier alpha value is -1.65. The van der Waals surface area contributed by atoms with Crippen LogP contribution in [0.25, 0.3) is 10.9 Å². The largest absolute Gasteiger partial charge is 0.497 e. The number of ether oxygens (including phenoxy) is 2. The van der Waals surface area contributed by atoms with Gasteiger partial charge in [-0.25, -0.2) is 0 Å². The van der Waals surface area contributed by atoms with Crippen LogP contribution in [-0.2, 0) is 4.74 Å². The Morgan fingerprint density at radius 1 is 1.32 bits per heavy atom. The van der Waals surface area contributed by atoms with Crippen LogP contribution in [0, 0.1) is 0 Å². The summed E-state index contributed by atoms with van der Waals surface area (Å²) in [5, 5.41) is 4.50. The van der Waals surface area contributed by atoms with Crippen LogP contribution in [0.2, 0.25) is 0 Å². The number of nitrogens with zero attached hydrogens (tertiary/aromatic N) is 1. The van der Waals surface area contributed by atoms with Crippen LogP contribution in [0.15, 0.2) is 30.5 Å². The molecule has 1 aliphatic rings. The molecule has 1 aromatic carbocycles. The SMILES string of the molecule is COc1ccc2c(C3CCNCCO3)ccnc2c1. The molecule has 4 nitrogen and oxygen atoms in total. The van der Waals surface area contributed by atoms with E-state index in [0.717, 1.165) is 42.8 Å². The van der Waals surface area contributed by atoms with Gasteiger partial charge in [-0.1, -0.05) is 0 Å². The van der Waals surface area contributed by atoms with Crippen LogP contribution in [0.3, 0.4) is 0 Å². The molecule has 1 fully saturated rings. The lowest BCUT2D eigenvalue weighted by Gasteiger charge is -2.17. The van der Waals surface area contributed by atoms with Crippen molar-refractivity contribution in [2.24, 2.45) is 0 Å². The van der Waals surface area contributed by atoms with Gasteiger partial charge in [0.2, 0.25) is 0 Å². The van der Waals surface area contributed by atoms with Crippen molar-refractivity contribution in [2.45, 2.75) is 12.5 Å². The standard InChI is InChI=1S/C15H18N2O2/c1-18-11-2-3-12-13(4-7-17-14(12)10-11)15-5-6-16-8-9-19-15/h2-4,7,10,15-16H,5-6,8-9H2,1H3. The maximum Gasteiger partial charge on any atom is 0.121 e. The highest BCUT2D eigenvalue weighted by atomic mass is 16.5. The van der Waals surface area contributed by atoms with E-state index >= 15 is 0 Å². The van der Waals surface area contributed by atoms with E-state index in [0.29, 0.717) is 0 Å². The zero-order chi connectivity index (χ0) is 13.1. The summed E-state index contributed by atoms with van der Waals surface area (Å²) in [5.41, 5.74) is 2.18. The van der Waals surface area contributed by atoms with Crippen LogP contribution in [-0.4, -0.2) is 31.8 Å². The topological polar surface area (TPSA) is 43.4 Å². The summed E-state index contributed by atoms with van der Waals surface area (Å²) in [4.78, 5) is 4.42. The van der Waals surface area contributed by atoms with Crippen LogP contribution >= 0.6 is 0 Å². The average Bonchev–Trinajstić information content (AvgIpc) is 2.75. The van der Waals surface area contributed by atoms with E-state index in [1.165, 1.54) is 5.56 Å². The van der Waals surface area contributed by atoms with Gasteiger partial charge in [0.15, 0.2) is 0 Å². The van der Waals surface area contributed by atoms with Crippen LogP contribution in [0.5, 0.6) is 5.75 Å². The minimum absolute atomic E-state index is 0.147. The van der Waals surface area contributed by atoms with E-state index in [2.05, 4.69) is 22.4 Å². The third-order valence-electron chi connectivity index (χ3n) is 3.51. The first-order chi connectivity index (χ1) is 9.38. The predicted octanol–water partition coefficient (Wildman–Crippen LogP) is 2.29. The second-order valence-electron chi connectivity index (χ2n) is 4.68. The number of hydrogen-bond donors (Lipinski definition) is 1. The number of pyridine rings is 1. The second kappa shape index (κ2) is 5.55. The van der Waals surface area contributed by atoms with Crippen LogP contribution in [0.1, 0.15) is 18.1 Å². The van der Waals surface area contributed by atoms with Gasteiger partial charge in [0.05, 0.1) is 25.3 Å². The molecule has 0 saturated carbocycles. The monoisotopic (exact) mass is 258 g/mol. The van der Waals surface area contributed by atoms with Crippen molar-refractivity contribution < 1.29 is 9.47 Å². The molecule has 1 saturated heterocycles. The maximum atomic E-state index is 5.93. The minimum atomic E-state index is 0.147. The third-order valence-corrected chi connectivity index (χ3v) is 3.51. The van der Waals surface area contributed by atoms with Gasteiger partial charge in [-0.15, -0.1) is 0 Å². The van der Waals surface area contributed by atoms with E-state index in [9.17, 15) is 0 Å². The molecular weight excluding hydrogens is 240 g/mol. The molecule has 100 valence electrons. The molecule has 2 aromatic rings. The molecule has 1 atom stereocenters. The highest BCUT2D eigenvalue weighted by Gasteiger charge is 2.17. The van der Waals surface area contributed by atoms with Gasteiger partial charge < -0.3 is 14.8 Å². The lowest BCUT2D eigenvalue weighted by atomic mass is 10.0. The molecule has 3 rings (SSSR count). The smallest absolute Gasteiger partial charge is 0.121 e. The highest BCUT2D eigenvalue weighted by Crippen LogP contribution is 2.30. The van der Waals surface area contributed by atoms with Gasteiger partial charge in [0.25, 0.3) is 0 Å². The van der Waals surface area contributed by atoms with Crippen LogP contribution < -0.4 is 10.1 Å². The molecule has 0 bridgehead atoms. The van der Waals surface area contributed by atoms with E-state index in [4.69, 9.17) is 9.47 Å². The van der Waals surface area contributed by atoms with E-state index < -0.39 is 0 Å². The molecule has 0 amide bonds. The van der Waals surface area contributed by atoms with Crippen molar-refractivity contribution in [3.63, 3.8) is 0 Å². The summed E-state index contributed by atoms with van der Waals surface area (Å²) >= 11 is 0. The normalized spacial score (nSPS) is 20.2. The zero-order valence-corrected chi connectivity index (χ0v) is 11.1. The Balaban J connectivity index is 2.02. The average molecular weight is 258 g/mol. The number of methoxy groups -OCH3 is 1. The quantitative estimate of drug-likeness (QED) is 0.897. The van der Waals surface area contributed by atoms with Gasteiger partial charge >= 0.3 is 0 Å². The van der Waals surface area contributed by atoms with Crippen molar-refractivity contribution in [3.05, 3.63) is 36.0 Å². The van der Waals surface area contributed by atoms with Gasteiger partial charge in [-0.2, -0.15) is 0 Å². The first kappa shape index (κ1) is 12.4. The van der Waals surface area contributed by atoms with Gasteiger partial charge in [-0.05, 0) is 36.7 Å². The molecule has 1 aromatic heterocycles. The summed E-state index contributed by atoms with van der Waals surface area (Å²) in [6.45, 7) is 2.67. The van der Waals surface area contributed by atoms with Crippen LogP contribution in [0.4, 0.5) is 0 Å². The fourth-order valence-corrected chi connectivity index (χ4v) is 2.52. The van der Waals surface area contributed by atoms with Crippen molar-refractivity contribution in [1.29, 1.82) is 0 Å². The second-order valence-corrected chi connectivity index (χ2v) is 4.68. The van der Waals surface area contributed by atoms with Gasteiger partial charge in [0.1, 0.15) is 5.75 Å². The van der Waals surface area contributed by atoms with Crippen molar-refractivity contribution >= 4 is 10.9 Å². The first-order valence-corrected chi connectivity index (χ1v) is 6.63. The summed E-state index contributed by atoms with van der Waals surface area (Å²) in [5.74, 6) is 0.834. The fourth-order valence-electron chi connectivity index (χ4n) is 2.52. The molecule has 1 aliphatic heterocycles. The summed E-state index contributed by atoms with van der Waals surface area (Å²) in [7, 11) is 1.67. The number of benzene rings is 1. The Labute approximate surface area is 112 Å². The fraction of sp³-hybridized carbons (Fsp3) is 0.400. The molecule has 1 unspecified atom stereocenters. The molecule has 4 heteroatoms. The van der Waals surface area contributed by atoms with Gasteiger partial charge in [0, 0.05) is 24.2 Å². The molecule has 0 aliphatic carbocycles. The Kier molecular flexibility index (Phi) is 3.62. The number of nitrogens with one attached hydrogen (secondary N) is 1. The summed E-state index contributed by atoms with van der Waals surface area (Å²) in [6.07, 6.45) is 2.98.